The Labute approximate surface area is 194 Å². The van der Waals surface area contributed by atoms with Crippen LogP contribution in [-0.2, 0) is 5.41 Å². The Balaban J connectivity index is 1.41. The van der Waals surface area contributed by atoms with Gasteiger partial charge in [-0.05, 0) is 36.8 Å². The molecule has 4 heteroatoms. The van der Waals surface area contributed by atoms with Gasteiger partial charge in [-0.15, -0.1) is 0 Å². The fourth-order valence-corrected chi connectivity index (χ4v) is 10.0. The van der Waals surface area contributed by atoms with Crippen molar-refractivity contribution in [2.24, 2.45) is 17.8 Å². The van der Waals surface area contributed by atoms with Crippen molar-refractivity contribution in [3.05, 3.63) is 29.8 Å². The van der Waals surface area contributed by atoms with E-state index in [9.17, 15) is 10.2 Å². The van der Waals surface area contributed by atoms with Crippen molar-refractivity contribution in [1.29, 1.82) is 0 Å². The lowest BCUT2D eigenvalue weighted by molar-refractivity contribution is -1.04. The van der Waals surface area contributed by atoms with Gasteiger partial charge in [-0.25, -0.2) is 0 Å². The molecule has 1 spiro atoms. The first-order valence-corrected chi connectivity index (χ1v) is 13.6. The number of quaternary nitrogens is 1. The van der Waals surface area contributed by atoms with Crippen molar-refractivity contribution >= 4 is 5.69 Å². The van der Waals surface area contributed by atoms with Gasteiger partial charge in [0.05, 0.1) is 30.1 Å². The molecule has 5 bridgehead atoms. The van der Waals surface area contributed by atoms with Gasteiger partial charge in [0.1, 0.15) is 6.04 Å². The maximum Gasteiger partial charge on any atom is 0.194 e. The molecule has 1 unspecified atom stereocenters. The Bertz CT molecular complexity index is 875. The maximum absolute atomic E-state index is 12.1. The topological polar surface area (TPSA) is 43.7 Å². The quantitative estimate of drug-likeness (QED) is 0.465. The lowest BCUT2D eigenvalue weighted by Crippen LogP contribution is -2.83. The zero-order valence-electron chi connectivity index (χ0n) is 20.3. The monoisotopic (exact) mass is 439 g/mol. The van der Waals surface area contributed by atoms with E-state index in [4.69, 9.17) is 0 Å². The van der Waals surface area contributed by atoms with Crippen molar-refractivity contribution in [3.63, 3.8) is 0 Å². The molecule has 0 amide bonds. The molecule has 5 fully saturated rings. The van der Waals surface area contributed by atoms with E-state index in [1.807, 2.05) is 0 Å². The van der Waals surface area contributed by atoms with Gasteiger partial charge < -0.3 is 15.1 Å². The third kappa shape index (κ3) is 2.35. The predicted octanol–water partition coefficient (Wildman–Crippen LogP) is 4.43. The second kappa shape index (κ2) is 7.45. The summed E-state index contributed by atoms with van der Waals surface area (Å²) in [5, 5.41) is 24.1. The molecule has 2 N–H and O–H groups in total. The molecule has 6 aliphatic rings. The number of hydrogen-bond donors (Lipinski definition) is 2. The molecule has 0 aromatic heterocycles. The minimum Gasteiger partial charge on any atom is -0.392 e. The SMILES string of the molecule is CCCCCCCC[N+]12[C@H](O)[C@@H](CC)[C@@H]3C[C@H]1[C@@H]1N(C)c4ccccc4[C@@]14C[C@H]2[C@H]3[C@@H]4O. The minimum absolute atomic E-state index is 0.134. The van der Waals surface area contributed by atoms with E-state index in [1.165, 1.54) is 56.2 Å². The number of para-hydroxylation sites is 1. The number of unbranched alkanes of at least 4 members (excludes halogenated alkanes) is 5. The molecule has 176 valence electrons. The summed E-state index contributed by atoms with van der Waals surface area (Å²) in [5.41, 5.74) is 2.58. The second-order valence-corrected chi connectivity index (χ2v) is 11.8. The van der Waals surface area contributed by atoms with Crippen LogP contribution < -0.4 is 4.90 Å². The normalized spacial score (nSPS) is 47.2. The molecule has 1 saturated carbocycles. The average molecular weight is 440 g/mol. The summed E-state index contributed by atoms with van der Waals surface area (Å²) < 4.78 is 0.898. The second-order valence-electron chi connectivity index (χ2n) is 11.8. The Kier molecular flexibility index (Phi) is 4.99. The Hall–Kier alpha value is -1.10. The van der Waals surface area contributed by atoms with E-state index in [1.54, 1.807) is 0 Å². The van der Waals surface area contributed by atoms with Gasteiger partial charge in [-0.3, -0.25) is 4.48 Å². The van der Waals surface area contributed by atoms with Crippen LogP contribution in [0.4, 0.5) is 5.69 Å². The molecule has 7 rings (SSSR count). The molecule has 4 nitrogen and oxygen atoms in total. The molecule has 1 aromatic rings. The van der Waals surface area contributed by atoms with E-state index in [0.717, 1.165) is 23.9 Å². The molecule has 1 aliphatic carbocycles. The molecular formula is C28H43N2O2+. The van der Waals surface area contributed by atoms with E-state index >= 15 is 0 Å². The first-order valence-electron chi connectivity index (χ1n) is 13.6. The van der Waals surface area contributed by atoms with Crippen LogP contribution in [0.2, 0.25) is 0 Å². The Morgan fingerprint density at radius 3 is 2.56 bits per heavy atom. The largest absolute Gasteiger partial charge is 0.392 e. The predicted molar refractivity (Wildman–Crippen MR) is 128 cm³/mol. The number of rotatable bonds is 8. The van der Waals surface area contributed by atoms with Gasteiger partial charge in [-0.1, -0.05) is 57.7 Å². The number of benzene rings is 1. The summed E-state index contributed by atoms with van der Waals surface area (Å²) >= 11 is 0. The minimum atomic E-state index is -0.273. The fourth-order valence-electron chi connectivity index (χ4n) is 10.0. The van der Waals surface area contributed by atoms with Crippen LogP contribution >= 0.6 is 0 Å². The number of aliphatic hydroxyl groups excluding tert-OH is 2. The highest BCUT2D eigenvalue weighted by atomic mass is 16.3. The number of hydrogen-bond acceptors (Lipinski definition) is 3. The van der Waals surface area contributed by atoms with E-state index in [0.29, 0.717) is 35.9 Å². The van der Waals surface area contributed by atoms with Crippen molar-refractivity contribution in [1.82, 2.24) is 0 Å². The van der Waals surface area contributed by atoms with Crippen LogP contribution in [0.25, 0.3) is 0 Å². The van der Waals surface area contributed by atoms with E-state index < -0.39 is 0 Å². The average Bonchev–Trinajstić information content (AvgIpc) is 3.19. The van der Waals surface area contributed by atoms with E-state index in [-0.39, 0.29) is 17.7 Å². The van der Waals surface area contributed by atoms with Gasteiger partial charge in [0.15, 0.2) is 6.23 Å². The third-order valence-electron chi connectivity index (χ3n) is 11.0. The maximum atomic E-state index is 12.1. The van der Waals surface area contributed by atoms with Gasteiger partial charge in [-0.2, -0.15) is 0 Å². The van der Waals surface area contributed by atoms with Crippen LogP contribution in [0.15, 0.2) is 24.3 Å². The van der Waals surface area contributed by atoms with E-state index in [2.05, 4.69) is 50.1 Å². The van der Waals surface area contributed by atoms with Crippen molar-refractivity contribution in [2.75, 3.05) is 18.5 Å². The molecule has 5 aliphatic heterocycles. The first-order chi connectivity index (χ1) is 15.5. The summed E-state index contributed by atoms with van der Waals surface area (Å²) in [4.78, 5) is 2.51. The smallest absolute Gasteiger partial charge is 0.194 e. The lowest BCUT2D eigenvalue weighted by atomic mass is 9.60. The number of anilines is 1. The Morgan fingerprint density at radius 2 is 1.78 bits per heavy atom. The van der Waals surface area contributed by atoms with Crippen molar-refractivity contribution in [3.8, 4) is 0 Å². The zero-order chi connectivity index (χ0) is 22.3. The van der Waals surface area contributed by atoms with Crippen LogP contribution in [0.5, 0.6) is 0 Å². The number of nitrogens with zero attached hydrogens (tertiary/aromatic N) is 2. The fraction of sp³-hybridized carbons (Fsp3) is 0.786. The lowest BCUT2D eigenvalue weighted by Gasteiger charge is -2.68. The van der Waals surface area contributed by atoms with Gasteiger partial charge in [0.2, 0.25) is 0 Å². The highest BCUT2D eigenvalue weighted by Crippen LogP contribution is 2.71. The van der Waals surface area contributed by atoms with Crippen LogP contribution in [0, 0.1) is 17.8 Å². The first kappa shape index (κ1) is 21.4. The molecule has 0 radical (unpaired) electrons. The highest BCUT2D eigenvalue weighted by molar-refractivity contribution is 5.66. The van der Waals surface area contributed by atoms with Gasteiger partial charge in [0, 0.05) is 37.4 Å². The summed E-state index contributed by atoms with van der Waals surface area (Å²) in [6.45, 7) is 5.64. The van der Waals surface area contributed by atoms with Crippen LogP contribution in [-0.4, -0.2) is 58.7 Å². The molecule has 5 heterocycles. The summed E-state index contributed by atoms with van der Waals surface area (Å²) in [6.07, 6.45) is 10.6. The summed E-state index contributed by atoms with van der Waals surface area (Å²) in [7, 11) is 2.26. The number of likely N-dealkylation sites (N-methyl/N-ethyl adjacent to an activating group) is 1. The molecule has 4 saturated heterocycles. The molecule has 10 atom stereocenters. The van der Waals surface area contributed by atoms with Crippen molar-refractivity contribution in [2.45, 2.75) is 108 Å². The molecule has 32 heavy (non-hydrogen) atoms. The molecular weight excluding hydrogens is 396 g/mol. The summed E-state index contributed by atoms with van der Waals surface area (Å²) in [6, 6.07) is 10.1. The van der Waals surface area contributed by atoms with Gasteiger partial charge in [0.25, 0.3) is 0 Å². The van der Waals surface area contributed by atoms with Crippen LogP contribution in [0.1, 0.15) is 77.2 Å². The molecule has 1 aromatic carbocycles. The highest BCUT2D eigenvalue weighted by Gasteiger charge is 2.82. The Morgan fingerprint density at radius 1 is 1.03 bits per heavy atom. The third-order valence-corrected chi connectivity index (χ3v) is 11.0. The number of fused-ring (bicyclic) bond motifs is 2. The van der Waals surface area contributed by atoms with Crippen molar-refractivity contribution < 1.29 is 14.7 Å². The van der Waals surface area contributed by atoms with Crippen LogP contribution in [0.3, 0.4) is 0 Å². The number of piperidine rings is 4. The zero-order valence-corrected chi connectivity index (χ0v) is 20.3. The van der Waals surface area contributed by atoms with Gasteiger partial charge >= 0.3 is 0 Å². The standard InChI is InChI=1S/C28H43N2O2/c1-4-6-7-8-9-12-15-30-22-16-19(18(5-2)27(30)32)24-23(30)17-28(26(24)31)20-13-10-11-14-21(20)29(3)25(22)28/h10-11,13-14,18-19,22-27,31-32H,4-9,12,15-17H2,1-3H3/q+1/t18-,19-,22-,23-,24-,25-,26-,27+,28-,30?/m0/s1. The number of aliphatic hydroxyl groups is 2. The summed E-state index contributed by atoms with van der Waals surface area (Å²) in [5.74, 6) is 1.18.